The van der Waals surface area contributed by atoms with Crippen molar-refractivity contribution in [3.8, 4) is 0 Å². The highest BCUT2D eigenvalue weighted by Crippen LogP contribution is 2.23. The molecule has 1 saturated heterocycles. The molecule has 1 aliphatic rings. The fourth-order valence-electron chi connectivity index (χ4n) is 2.87. The van der Waals surface area contributed by atoms with E-state index in [2.05, 4.69) is 21.5 Å². The standard InChI is InChI=1S/C17H20FN3O2S/c1-13-3-2-10-21(12-13)15-6-9-17(19-11-15)20-24(22,23)16-7-4-14(18)5-8-16/h4-9,11,13H,2-3,10,12H2,1H3,(H,19,20). The summed E-state index contributed by atoms with van der Waals surface area (Å²) >= 11 is 0. The average molecular weight is 349 g/mol. The molecule has 1 aromatic carbocycles. The van der Waals surface area contributed by atoms with Crippen LogP contribution in [0, 0.1) is 11.7 Å². The summed E-state index contributed by atoms with van der Waals surface area (Å²) in [6.45, 7) is 4.21. The molecule has 0 saturated carbocycles. The molecule has 0 amide bonds. The van der Waals surface area contributed by atoms with E-state index in [0.29, 0.717) is 5.92 Å². The van der Waals surface area contributed by atoms with Crippen LogP contribution in [-0.2, 0) is 10.0 Å². The zero-order valence-electron chi connectivity index (χ0n) is 13.4. The van der Waals surface area contributed by atoms with Crippen molar-refractivity contribution in [2.45, 2.75) is 24.7 Å². The normalized spacial score (nSPS) is 18.4. The van der Waals surface area contributed by atoms with Crippen molar-refractivity contribution >= 4 is 21.5 Å². The van der Waals surface area contributed by atoms with Gasteiger partial charge in [0.2, 0.25) is 0 Å². The Morgan fingerprint density at radius 3 is 2.58 bits per heavy atom. The van der Waals surface area contributed by atoms with E-state index < -0.39 is 15.8 Å². The highest BCUT2D eigenvalue weighted by atomic mass is 32.2. The van der Waals surface area contributed by atoms with Crippen LogP contribution < -0.4 is 9.62 Å². The molecule has 0 aliphatic carbocycles. The van der Waals surface area contributed by atoms with Gasteiger partial charge in [0, 0.05) is 13.1 Å². The number of sulfonamides is 1. The number of rotatable bonds is 4. The molecule has 0 bridgehead atoms. The van der Waals surface area contributed by atoms with Gasteiger partial charge in [0.1, 0.15) is 11.6 Å². The predicted octanol–water partition coefficient (Wildman–Crippen LogP) is 3.26. The third-order valence-corrected chi connectivity index (χ3v) is 5.50. The Kier molecular flexibility index (Phi) is 4.71. The van der Waals surface area contributed by atoms with Gasteiger partial charge in [-0.15, -0.1) is 0 Å². The lowest BCUT2D eigenvalue weighted by atomic mass is 10.00. The summed E-state index contributed by atoms with van der Waals surface area (Å²) in [6, 6.07) is 8.19. The molecule has 1 N–H and O–H groups in total. The van der Waals surface area contributed by atoms with Gasteiger partial charge in [0.05, 0.1) is 16.8 Å². The molecular weight excluding hydrogens is 329 g/mol. The van der Waals surface area contributed by atoms with E-state index >= 15 is 0 Å². The predicted molar refractivity (Wildman–Crippen MR) is 92.1 cm³/mol. The third kappa shape index (κ3) is 3.84. The van der Waals surface area contributed by atoms with Gasteiger partial charge in [-0.3, -0.25) is 4.72 Å². The third-order valence-electron chi connectivity index (χ3n) is 4.13. The van der Waals surface area contributed by atoms with Gasteiger partial charge in [-0.2, -0.15) is 0 Å². The number of hydrogen-bond acceptors (Lipinski definition) is 4. The van der Waals surface area contributed by atoms with Gasteiger partial charge in [-0.1, -0.05) is 6.92 Å². The number of benzene rings is 1. The fourth-order valence-corrected chi connectivity index (χ4v) is 3.88. The maximum absolute atomic E-state index is 12.9. The molecule has 2 aromatic rings. The summed E-state index contributed by atoms with van der Waals surface area (Å²) in [4.78, 5) is 6.46. The smallest absolute Gasteiger partial charge is 0.263 e. The van der Waals surface area contributed by atoms with Crippen molar-refractivity contribution in [1.82, 2.24) is 4.98 Å². The molecule has 7 heteroatoms. The molecule has 0 spiro atoms. The van der Waals surface area contributed by atoms with Crippen LogP contribution >= 0.6 is 0 Å². The number of nitrogens with one attached hydrogen (secondary N) is 1. The first-order chi connectivity index (χ1) is 11.4. The summed E-state index contributed by atoms with van der Waals surface area (Å²) < 4.78 is 39.8. The highest BCUT2D eigenvalue weighted by Gasteiger charge is 2.18. The molecule has 0 radical (unpaired) electrons. The fraction of sp³-hybridized carbons (Fsp3) is 0.353. The molecule has 1 aliphatic heterocycles. The second kappa shape index (κ2) is 6.76. The first-order valence-electron chi connectivity index (χ1n) is 7.93. The summed E-state index contributed by atoms with van der Waals surface area (Å²) in [5.41, 5.74) is 0.992. The van der Waals surface area contributed by atoms with Crippen LogP contribution in [0.5, 0.6) is 0 Å². The van der Waals surface area contributed by atoms with Crippen LogP contribution in [-0.4, -0.2) is 26.5 Å². The van der Waals surface area contributed by atoms with E-state index in [0.717, 1.165) is 37.3 Å². The van der Waals surface area contributed by atoms with Crippen LogP contribution in [0.4, 0.5) is 15.9 Å². The van der Waals surface area contributed by atoms with Crippen molar-refractivity contribution < 1.29 is 12.8 Å². The van der Waals surface area contributed by atoms with Crippen LogP contribution in [0.3, 0.4) is 0 Å². The lowest BCUT2D eigenvalue weighted by molar-refractivity contribution is 0.446. The van der Waals surface area contributed by atoms with E-state index in [1.165, 1.54) is 18.6 Å². The van der Waals surface area contributed by atoms with Crippen LogP contribution in [0.1, 0.15) is 19.8 Å². The maximum Gasteiger partial charge on any atom is 0.263 e. The van der Waals surface area contributed by atoms with Crippen molar-refractivity contribution in [1.29, 1.82) is 0 Å². The zero-order valence-corrected chi connectivity index (χ0v) is 14.3. The number of hydrogen-bond donors (Lipinski definition) is 1. The van der Waals surface area contributed by atoms with Crippen molar-refractivity contribution in [3.63, 3.8) is 0 Å². The molecule has 3 rings (SSSR count). The molecule has 5 nitrogen and oxygen atoms in total. The number of anilines is 2. The first-order valence-corrected chi connectivity index (χ1v) is 9.42. The minimum absolute atomic E-state index is 0.000341. The lowest BCUT2D eigenvalue weighted by Crippen LogP contribution is -2.34. The van der Waals surface area contributed by atoms with E-state index in [4.69, 9.17) is 0 Å². The second-order valence-corrected chi connectivity index (χ2v) is 7.84. The molecule has 1 aromatic heterocycles. The maximum atomic E-state index is 12.9. The largest absolute Gasteiger partial charge is 0.370 e. The quantitative estimate of drug-likeness (QED) is 0.920. The zero-order chi connectivity index (χ0) is 17.2. The van der Waals surface area contributed by atoms with Gasteiger partial charge < -0.3 is 4.90 Å². The number of piperidine rings is 1. The van der Waals surface area contributed by atoms with Gasteiger partial charge in [0.25, 0.3) is 10.0 Å². The molecule has 24 heavy (non-hydrogen) atoms. The van der Waals surface area contributed by atoms with E-state index in [9.17, 15) is 12.8 Å². The monoisotopic (exact) mass is 349 g/mol. The van der Waals surface area contributed by atoms with Gasteiger partial charge in [0.15, 0.2) is 0 Å². The van der Waals surface area contributed by atoms with Crippen LogP contribution in [0.2, 0.25) is 0 Å². The Labute approximate surface area is 141 Å². The summed E-state index contributed by atoms with van der Waals surface area (Å²) in [6.07, 6.45) is 4.07. The molecule has 1 fully saturated rings. The summed E-state index contributed by atoms with van der Waals surface area (Å²) in [7, 11) is -3.77. The van der Waals surface area contributed by atoms with Crippen molar-refractivity contribution in [2.24, 2.45) is 5.92 Å². The molecule has 1 atom stereocenters. The Morgan fingerprint density at radius 2 is 1.96 bits per heavy atom. The number of halogens is 1. The Morgan fingerprint density at radius 1 is 1.21 bits per heavy atom. The van der Waals surface area contributed by atoms with E-state index in [-0.39, 0.29) is 10.7 Å². The Hall–Kier alpha value is -2.15. The van der Waals surface area contributed by atoms with E-state index in [1.54, 1.807) is 12.3 Å². The van der Waals surface area contributed by atoms with Gasteiger partial charge >= 0.3 is 0 Å². The van der Waals surface area contributed by atoms with Crippen molar-refractivity contribution in [3.05, 3.63) is 48.4 Å². The minimum Gasteiger partial charge on any atom is -0.370 e. The molecule has 2 heterocycles. The number of aromatic nitrogens is 1. The summed E-state index contributed by atoms with van der Waals surface area (Å²) in [5.74, 6) is 0.413. The number of pyridine rings is 1. The lowest BCUT2D eigenvalue weighted by Gasteiger charge is -2.32. The van der Waals surface area contributed by atoms with Crippen LogP contribution in [0.25, 0.3) is 0 Å². The highest BCUT2D eigenvalue weighted by molar-refractivity contribution is 7.92. The molecule has 1 unspecified atom stereocenters. The molecular formula is C17H20FN3O2S. The van der Waals surface area contributed by atoms with Gasteiger partial charge in [-0.05, 0) is 55.2 Å². The van der Waals surface area contributed by atoms with Gasteiger partial charge in [-0.25, -0.2) is 17.8 Å². The SMILES string of the molecule is CC1CCCN(c2ccc(NS(=O)(=O)c3ccc(F)cc3)nc2)C1. The Balaban J connectivity index is 1.72. The number of nitrogens with zero attached hydrogens (tertiary/aromatic N) is 2. The van der Waals surface area contributed by atoms with Crippen molar-refractivity contribution in [2.75, 3.05) is 22.7 Å². The Bertz CT molecular complexity index is 792. The van der Waals surface area contributed by atoms with E-state index in [1.807, 2.05) is 6.07 Å². The topological polar surface area (TPSA) is 62.3 Å². The minimum atomic E-state index is -3.77. The average Bonchev–Trinajstić information content (AvgIpc) is 2.55. The summed E-state index contributed by atoms with van der Waals surface area (Å²) in [5, 5.41) is 0. The molecule has 128 valence electrons. The second-order valence-electron chi connectivity index (χ2n) is 6.15. The first kappa shape index (κ1) is 16.7. The van der Waals surface area contributed by atoms with Crippen LogP contribution in [0.15, 0.2) is 47.5 Å².